The molecular formula is C10H17ClN2O3S. The Balaban J connectivity index is 2.98. The van der Waals surface area contributed by atoms with Gasteiger partial charge >= 0.3 is 0 Å². The van der Waals surface area contributed by atoms with Crippen molar-refractivity contribution in [2.75, 3.05) is 13.2 Å². The Morgan fingerprint density at radius 2 is 2.18 bits per heavy atom. The number of halogens is 1. The maximum absolute atomic E-state index is 11.2. The molecular weight excluding hydrogens is 264 g/mol. The molecule has 0 bridgehead atoms. The third-order valence-electron chi connectivity index (χ3n) is 2.23. The number of hydrogen-bond donors (Lipinski definition) is 0. The fourth-order valence-electron chi connectivity index (χ4n) is 1.47. The maximum atomic E-state index is 11.2. The summed E-state index contributed by atoms with van der Waals surface area (Å²) in [5.41, 5.74) is 0. The molecule has 0 N–H and O–H groups in total. The molecule has 1 aromatic rings. The third-order valence-corrected chi connectivity index (χ3v) is 3.40. The minimum Gasteiger partial charge on any atom is -0.380 e. The number of imidazole rings is 1. The lowest BCUT2D eigenvalue weighted by molar-refractivity contribution is 0.138. The van der Waals surface area contributed by atoms with Crippen molar-refractivity contribution in [2.24, 2.45) is 0 Å². The van der Waals surface area contributed by atoms with Crippen LogP contribution in [0.4, 0.5) is 0 Å². The van der Waals surface area contributed by atoms with E-state index in [0.29, 0.717) is 25.6 Å². The molecule has 5 nitrogen and oxygen atoms in total. The zero-order valence-electron chi connectivity index (χ0n) is 10.2. The Labute approximate surface area is 106 Å². The normalized spacial score (nSPS) is 12.3. The van der Waals surface area contributed by atoms with Crippen LogP contribution in [0.1, 0.15) is 32.5 Å². The van der Waals surface area contributed by atoms with Crippen molar-refractivity contribution in [1.29, 1.82) is 0 Å². The average Bonchev–Trinajstić information content (AvgIpc) is 2.61. The molecule has 0 spiro atoms. The number of aromatic nitrogens is 2. The molecule has 17 heavy (non-hydrogen) atoms. The van der Waals surface area contributed by atoms with E-state index in [9.17, 15) is 8.42 Å². The van der Waals surface area contributed by atoms with E-state index in [0.717, 1.165) is 0 Å². The highest BCUT2D eigenvalue weighted by molar-refractivity contribution is 8.13. The largest absolute Gasteiger partial charge is 0.380 e. The molecule has 1 rings (SSSR count). The summed E-state index contributed by atoms with van der Waals surface area (Å²) >= 11 is 0. The first kappa shape index (κ1) is 14.5. The second-order valence-corrected chi connectivity index (χ2v) is 6.43. The summed E-state index contributed by atoms with van der Waals surface area (Å²) in [6, 6.07) is 0. The fraction of sp³-hybridized carbons (Fsp3) is 0.700. The van der Waals surface area contributed by atoms with E-state index < -0.39 is 9.05 Å². The van der Waals surface area contributed by atoms with Crippen LogP contribution in [-0.4, -0.2) is 31.2 Å². The molecule has 7 heteroatoms. The van der Waals surface area contributed by atoms with Crippen molar-refractivity contribution in [3.63, 3.8) is 0 Å². The molecule has 0 radical (unpaired) electrons. The summed E-state index contributed by atoms with van der Waals surface area (Å²) in [5, 5.41) is -0.0978. The van der Waals surface area contributed by atoms with Gasteiger partial charge in [0.25, 0.3) is 9.05 Å². The second kappa shape index (κ2) is 5.84. The Hall–Kier alpha value is -0.590. The van der Waals surface area contributed by atoms with Gasteiger partial charge in [0.1, 0.15) is 5.82 Å². The highest BCUT2D eigenvalue weighted by Crippen LogP contribution is 2.19. The Morgan fingerprint density at radius 1 is 1.53 bits per heavy atom. The van der Waals surface area contributed by atoms with Crippen LogP contribution < -0.4 is 0 Å². The quantitative estimate of drug-likeness (QED) is 0.590. The highest BCUT2D eigenvalue weighted by atomic mass is 35.7. The first-order valence-corrected chi connectivity index (χ1v) is 7.76. The first-order chi connectivity index (χ1) is 7.86. The lowest BCUT2D eigenvalue weighted by Gasteiger charge is -2.09. The maximum Gasteiger partial charge on any atom is 0.280 e. The Bertz CT molecular complexity index is 468. The van der Waals surface area contributed by atoms with E-state index in [1.165, 1.54) is 6.20 Å². The Morgan fingerprint density at radius 3 is 2.65 bits per heavy atom. The van der Waals surface area contributed by atoms with E-state index >= 15 is 0 Å². The van der Waals surface area contributed by atoms with Crippen LogP contribution in [0.25, 0.3) is 0 Å². The van der Waals surface area contributed by atoms with E-state index in [2.05, 4.69) is 4.98 Å². The molecule has 0 aliphatic heterocycles. The van der Waals surface area contributed by atoms with Crippen molar-refractivity contribution in [1.82, 2.24) is 9.55 Å². The standard InChI is InChI=1S/C10H17ClN2O3S/c1-4-16-6-5-13-7-9(17(11,14)15)12-10(13)8(2)3/h7-8H,4-6H2,1-3H3. The van der Waals surface area contributed by atoms with Gasteiger partial charge in [0, 0.05) is 35.9 Å². The van der Waals surface area contributed by atoms with Crippen LogP contribution in [-0.2, 0) is 20.3 Å². The highest BCUT2D eigenvalue weighted by Gasteiger charge is 2.19. The SMILES string of the molecule is CCOCCn1cc(S(=O)(=O)Cl)nc1C(C)C. The van der Waals surface area contributed by atoms with Gasteiger partial charge in [-0.1, -0.05) is 13.8 Å². The van der Waals surface area contributed by atoms with Gasteiger partial charge in [-0.3, -0.25) is 0 Å². The van der Waals surface area contributed by atoms with Crippen molar-refractivity contribution in [3.05, 3.63) is 12.0 Å². The predicted molar refractivity (Wildman–Crippen MR) is 65.8 cm³/mol. The van der Waals surface area contributed by atoms with Crippen LogP contribution in [0.3, 0.4) is 0 Å². The lowest BCUT2D eigenvalue weighted by Crippen LogP contribution is -2.09. The summed E-state index contributed by atoms with van der Waals surface area (Å²) in [5.74, 6) is 0.827. The van der Waals surface area contributed by atoms with Gasteiger partial charge in [0.2, 0.25) is 0 Å². The zero-order valence-corrected chi connectivity index (χ0v) is 11.8. The minimum absolute atomic E-state index is 0.0978. The molecule has 0 amide bonds. The zero-order chi connectivity index (χ0) is 13.1. The van der Waals surface area contributed by atoms with Gasteiger partial charge in [0.05, 0.1) is 6.61 Å². The topological polar surface area (TPSA) is 61.2 Å². The molecule has 0 aromatic carbocycles. The molecule has 0 saturated heterocycles. The van der Waals surface area contributed by atoms with Crippen LogP contribution in [0.15, 0.2) is 11.2 Å². The minimum atomic E-state index is -3.77. The van der Waals surface area contributed by atoms with Gasteiger partial charge in [-0.2, -0.15) is 0 Å². The average molecular weight is 281 g/mol. The predicted octanol–water partition coefficient (Wildman–Crippen LogP) is 1.97. The van der Waals surface area contributed by atoms with Crippen LogP contribution in [0.2, 0.25) is 0 Å². The number of hydrogen-bond acceptors (Lipinski definition) is 4. The van der Waals surface area contributed by atoms with Gasteiger partial charge in [-0.25, -0.2) is 13.4 Å². The van der Waals surface area contributed by atoms with Crippen molar-refractivity contribution < 1.29 is 13.2 Å². The van der Waals surface area contributed by atoms with Gasteiger partial charge < -0.3 is 9.30 Å². The molecule has 0 unspecified atom stereocenters. The molecule has 98 valence electrons. The summed E-state index contributed by atoms with van der Waals surface area (Å²) in [6.07, 6.45) is 1.46. The molecule has 1 aromatic heterocycles. The van der Waals surface area contributed by atoms with Gasteiger partial charge in [0.15, 0.2) is 5.03 Å². The molecule has 0 saturated carbocycles. The van der Waals surface area contributed by atoms with E-state index in [1.807, 2.05) is 20.8 Å². The molecule has 0 atom stereocenters. The van der Waals surface area contributed by atoms with Crippen LogP contribution in [0, 0.1) is 0 Å². The summed E-state index contributed by atoms with van der Waals surface area (Å²) < 4.78 is 29.4. The number of nitrogens with zero attached hydrogens (tertiary/aromatic N) is 2. The van der Waals surface area contributed by atoms with Crippen LogP contribution >= 0.6 is 10.7 Å². The van der Waals surface area contributed by atoms with Crippen molar-refractivity contribution >= 4 is 19.7 Å². The molecule has 0 aliphatic rings. The molecule has 0 aliphatic carbocycles. The third kappa shape index (κ3) is 3.97. The first-order valence-electron chi connectivity index (χ1n) is 5.45. The second-order valence-electron chi connectivity index (χ2n) is 3.92. The number of rotatable bonds is 6. The lowest BCUT2D eigenvalue weighted by atomic mass is 10.2. The number of ether oxygens (including phenoxy) is 1. The molecule has 1 heterocycles. The van der Waals surface area contributed by atoms with E-state index in [-0.39, 0.29) is 10.9 Å². The summed E-state index contributed by atoms with van der Waals surface area (Å²) in [7, 11) is 1.51. The van der Waals surface area contributed by atoms with Crippen LogP contribution in [0.5, 0.6) is 0 Å². The van der Waals surface area contributed by atoms with Gasteiger partial charge in [-0.05, 0) is 6.92 Å². The van der Waals surface area contributed by atoms with E-state index in [1.54, 1.807) is 4.57 Å². The molecule has 0 fully saturated rings. The summed E-state index contributed by atoms with van der Waals surface area (Å²) in [4.78, 5) is 4.05. The summed E-state index contributed by atoms with van der Waals surface area (Å²) in [6.45, 7) is 7.53. The monoisotopic (exact) mass is 280 g/mol. The smallest absolute Gasteiger partial charge is 0.280 e. The van der Waals surface area contributed by atoms with Crippen molar-refractivity contribution in [3.8, 4) is 0 Å². The van der Waals surface area contributed by atoms with Crippen molar-refractivity contribution in [2.45, 2.75) is 38.3 Å². The Kier molecular flexibility index (Phi) is 4.97. The fourth-order valence-corrected chi connectivity index (χ4v) is 2.15. The van der Waals surface area contributed by atoms with Gasteiger partial charge in [-0.15, -0.1) is 0 Å². The van der Waals surface area contributed by atoms with E-state index in [4.69, 9.17) is 15.4 Å².